The van der Waals surface area contributed by atoms with Crippen molar-refractivity contribution in [2.75, 3.05) is 22.5 Å². The molecule has 9 nitrogen and oxygen atoms in total. The lowest BCUT2D eigenvalue weighted by molar-refractivity contribution is -0.137. The highest BCUT2D eigenvalue weighted by molar-refractivity contribution is 6.11. The van der Waals surface area contributed by atoms with Crippen molar-refractivity contribution >= 4 is 35.0 Å². The summed E-state index contributed by atoms with van der Waals surface area (Å²) in [5.74, 6) is -2.70. The van der Waals surface area contributed by atoms with Gasteiger partial charge in [-0.3, -0.25) is 14.5 Å². The van der Waals surface area contributed by atoms with Crippen molar-refractivity contribution in [2.45, 2.75) is 19.2 Å². The maximum Gasteiger partial charge on any atom is 0.416 e. The molecule has 12 heteroatoms. The Balaban J connectivity index is 1.83. The second kappa shape index (κ2) is 7.37. The normalized spacial score (nSPS) is 14.6. The van der Waals surface area contributed by atoms with E-state index >= 15 is 0 Å². The van der Waals surface area contributed by atoms with E-state index in [1.54, 1.807) is 0 Å². The largest absolute Gasteiger partial charge is 0.448 e. The first-order chi connectivity index (χ1) is 13.6. The van der Waals surface area contributed by atoms with E-state index in [-0.39, 0.29) is 22.9 Å². The van der Waals surface area contributed by atoms with Gasteiger partial charge in [0.25, 0.3) is 5.91 Å². The Labute approximate surface area is 161 Å². The summed E-state index contributed by atoms with van der Waals surface area (Å²) in [6.45, 7) is 0.801. The van der Waals surface area contributed by atoms with Gasteiger partial charge in [0.1, 0.15) is 6.54 Å². The molecule has 2 amide bonds. The van der Waals surface area contributed by atoms with Crippen LogP contribution in [0, 0.1) is 0 Å². The number of alkyl halides is 3. The SMILES string of the molecule is C[C@@H](OC(=O)c1nccnc1N)C(=O)N1CC(=O)Nc2cc(C(F)(F)F)ccc21. The van der Waals surface area contributed by atoms with Gasteiger partial charge in [0, 0.05) is 12.4 Å². The van der Waals surface area contributed by atoms with Gasteiger partial charge in [-0.2, -0.15) is 13.2 Å². The Hall–Kier alpha value is -3.70. The van der Waals surface area contributed by atoms with Crippen LogP contribution in [0.5, 0.6) is 0 Å². The molecular weight excluding hydrogens is 395 g/mol. The monoisotopic (exact) mass is 409 g/mol. The summed E-state index contributed by atoms with van der Waals surface area (Å²) in [6, 6.07) is 2.57. The molecule has 3 rings (SSSR count). The average molecular weight is 409 g/mol. The van der Waals surface area contributed by atoms with E-state index in [2.05, 4.69) is 15.3 Å². The maximum atomic E-state index is 12.9. The second-order valence-corrected chi connectivity index (χ2v) is 6.04. The van der Waals surface area contributed by atoms with Crippen LogP contribution < -0.4 is 16.0 Å². The molecular formula is C17H14F3N5O4. The van der Waals surface area contributed by atoms with E-state index in [0.29, 0.717) is 0 Å². The van der Waals surface area contributed by atoms with Crippen LogP contribution in [-0.2, 0) is 20.5 Å². The number of aromatic nitrogens is 2. The van der Waals surface area contributed by atoms with Crippen LogP contribution in [0.2, 0.25) is 0 Å². The van der Waals surface area contributed by atoms with E-state index < -0.39 is 42.2 Å². The second-order valence-electron chi connectivity index (χ2n) is 6.04. The molecule has 0 saturated heterocycles. The molecule has 152 valence electrons. The molecule has 0 radical (unpaired) electrons. The topological polar surface area (TPSA) is 128 Å². The number of nitrogen functional groups attached to an aromatic ring is 1. The molecule has 0 aliphatic carbocycles. The number of halogens is 3. The van der Waals surface area contributed by atoms with Crippen LogP contribution in [0.1, 0.15) is 23.0 Å². The van der Waals surface area contributed by atoms with Gasteiger partial charge in [-0.25, -0.2) is 14.8 Å². The fourth-order valence-electron chi connectivity index (χ4n) is 2.66. The zero-order valence-electron chi connectivity index (χ0n) is 14.9. The quantitative estimate of drug-likeness (QED) is 0.737. The summed E-state index contributed by atoms with van der Waals surface area (Å²) in [4.78, 5) is 45.1. The number of nitrogens with one attached hydrogen (secondary N) is 1. The number of carbonyl (C=O) groups excluding carboxylic acids is 3. The Morgan fingerprint density at radius 1 is 1.28 bits per heavy atom. The maximum absolute atomic E-state index is 12.9. The first-order valence-corrected chi connectivity index (χ1v) is 8.18. The lowest BCUT2D eigenvalue weighted by atomic mass is 10.1. The number of hydrogen-bond acceptors (Lipinski definition) is 7. The molecule has 0 unspecified atom stereocenters. The smallest absolute Gasteiger partial charge is 0.416 e. The first-order valence-electron chi connectivity index (χ1n) is 8.18. The minimum Gasteiger partial charge on any atom is -0.448 e. The molecule has 1 aromatic carbocycles. The molecule has 2 aromatic rings. The number of carbonyl (C=O) groups is 3. The zero-order valence-corrected chi connectivity index (χ0v) is 14.9. The lowest BCUT2D eigenvalue weighted by Crippen LogP contribution is -2.47. The number of fused-ring (bicyclic) bond motifs is 1. The van der Waals surface area contributed by atoms with Crippen molar-refractivity contribution in [3.63, 3.8) is 0 Å². The van der Waals surface area contributed by atoms with E-state index in [1.807, 2.05) is 0 Å². The molecule has 2 heterocycles. The van der Waals surface area contributed by atoms with Crippen molar-refractivity contribution in [3.05, 3.63) is 41.9 Å². The highest BCUT2D eigenvalue weighted by Gasteiger charge is 2.36. The van der Waals surface area contributed by atoms with Crippen LogP contribution in [-0.4, -0.2) is 40.4 Å². The molecule has 3 N–H and O–H groups in total. The number of amides is 2. The fraction of sp³-hybridized carbons (Fsp3) is 0.235. The number of hydrogen-bond donors (Lipinski definition) is 2. The van der Waals surface area contributed by atoms with Crippen LogP contribution in [0.25, 0.3) is 0 Å². The average Bonchev–Trinajstić information content (AvgIpc) is 2.65. The molecule has 29 heavy (non-hydrogen) atoms. The van der Waals surface area contributed by atoms with Gasteiger partial charge >= 0.3 is 12.1 Å². The number of nitrogens with two attached hydrogens (primary N) is 1. The highest BCUT2D eigenvalue weighted by atomic mass is 19.4. The molecule has 0 bridgehead atoms. The van der Waals surface area contributed by atoms with Crippen LogP contribution in [0.4, 0.5) is 30.4 Å². The van der Waals surface area contributed by atoms with Crippen molar-refractivity contribution in [3.8, 4) is 0 Å². The first kappa shape index (κ1) is 20.0. The molecule has 0 saturated carbocycles. The van der Waals surface area contributed by atoms with Gasteiger partial charge in [0.2, 0.25) is 5.91 Å². The molecule has 1 atom stereocenters. The summed E-state index contributed by atoms with van der Waals surface area (Å²) in [6.07, 6.45) is -3.52. The Kier molecular flexibility index (Phi) is 5.10. The molecule has 0 spiro atoms. The molecule has 0 fully saturated rings. The standard InChI is InChI=1S/C17H14F3N5O4/c1-8(29-16(28)13-14(21)23-5-4-22-13)15(27)25-7-12(26)24-10-6-9(17(18,19)20)2-3-11(10)25/h2-6,8H,7H2,1H3,(H2,21,23)(H,24,26)/t8-/m1/s1. The van der Waals surface area contributed by atoms with Gasteiger partial charge in [-0.05, 0) is 25.1 Å². The summed E-state index contributed by atoms with van der Waals surface area (Å²) in [7, 11) is 0. The number of nitrogens with zero attached hydrogens (tertiary/aromatic N) is 3. The predicted molar refractivity (Wildman–Crippen MR) is 93.7 cm³/mol. The number of anilines is 3. The number of rotatable bonds is 3. The van der Waals surface area contributed by atoms with Gasteiger partial charge < -0.3 is 15.8 Å². The van der Waals surface area contributed by atoms with Gasteiger partial charge in [-0.1, -0.05) is 0 Å². The van der Waals surface area contributed by atoms with Crippen LogP contribution in [0.3, 0.4) is 0 Å². The van der Waals surface area contributed by atoms with E-state index in [0.717, 1.165) is 23.1 Å². The third-order valence-electron chi connectivity index (χ3n) is 4.01. The van der Waals surface area contributed by atoms with Crippen molar-refractivity contribution < 1.29 is 32.3 Å². The molecule has 1 aliphatic rings. The Morgan fingerprint density at radius 3 is 2.62 bits per heavy atom. The van der Waals surface area contributed by atoms with Gasteiger partial charge in [0.05, 0.1) is 16.9 Å². The van der Waals surface area contributed by atoms with E-state index in [1.165, 1.54) is 19.3 Å². The van der Waals surface area contributed by atoms with E-state index in [4.69, 9.17) is 10.5 Å². The summed E-state index contributed by atoms with van der Waals surface area (Å²) in [5, 5.41) is 2.29. The van der Waals surface area contributed by atoms with Crippen molar-refractivity contribution in [1.29, 1.82) is 0 Å². The predicted octanol–water partition coefficient (Wildman–Crippen LogP) is 1.61. The third-order valence-corrected chi connectivity index (χ3v) is 4.01. The summed E-state index contributed by atoms with van der Waals surface area (Å²) in [5.41, 5.74) is 4.12. The Morgan fingerprint density at radius 2 is 1.97 bits per heavy atom. The summed E-state index contributed by atoms with van der Waals surface area (Å²) < 4.78 is 43.7. The lowest BCUT2D eigenvalue weighted by Gasteiger charge is -2.31. The van der Waals surface area contributed by atoms with Crippen LogP contribution >= 0.6 is 0 Å². The van der Waals surface area contributed by atoms with E-state index in [9.17, 15) is 27.6 Å². The number of esters is 1. The minimum absolute atomic E-state index is 0.0458. The number of ether oxygens (including phenoxy) is 1. The van der Waals surface area contributed by atoms with Gasteiger partial charge in [0.15, 0.2) is 17.6 Å². The fourth-order valence-corrected chi connectivity index (χ4v) is 2.66. The molecule has 1 aromatic heterocycles. The van der Waals surface area contributed by atoms with Crippen molar-refractivity contribution in [2.24, 2.45) is 0 Å². The zero-order chi connectivity index (χ0) is 21.3. The van der Waals surface area contributed by atoms with Gasteiger partial charge in [-0.15, -0.1) is 0 Å². The summed E-state index contributed by atoms with van der Waals surface area (Å²) >= 11 is 0. The third kappa shape index (κ3) is 4.10. The van der Waals surface area contributed by atoms with Crippen molar-refractivity contribution in [1.82, 2.24) is 9.97 Å². The number of benzene rings is 1. The molecule has 1 aliphatic heterocycles. The van der Waals surface area contributed by atoms with Crippen LogP contribution in [0.15, 0.2) is 30.6 Å². The Bertz CT molecular complexity index is 995. The highest BCUT2D eigenvalue weighted by Crippen LogP contribution is 2.37. The minimum atomic E-state index is -4.62.